The zero-order valence-corrected chi connectivity index (χ0v) is 14.4. The van der Waals surface area contributed by atoms with E-state index < -0.39 is 0 Å². The second kappa shape index (κ2) is 9.81. The van der Waals surface area contributed by atoms with Gasteiger partial charge < -0.3 is 15.5 Å². The number of piperidine rings is 1. The lowest BCUT2D eigenvalue weighted by Gasteiger charge is -2.40. The standard InChI is InChI=1S/C18H37N3/c1-3-21(4-2)15-9-14-20-17-11-6-5-10-16(17)18-12-7-8-13-19-18/h16-20H,3-15H2,1-2H3. The lowest BCUT2D eigenvalue weighted by Crippen LogP contribution is -2.50. The van der Waals surface area contributed by atoms with Gasteiger partial charge in [0.25, 0.3) is 0 Å². The summed E-state index contributed by atoms with van der Waals surface area (Å²) >= 11 is 0. The van der Waals surface area contributed by atoms with Crippen molar-refractivity contribution in [1.82, 2.24) is 15.5 Å². The summed E-state index contributed by atoms with van der Waals surface area (Å²) in [4.78, 5) is 2.53. The van der Waals surface area contributed by atoms with Gasteiger partial charge in [-0.05, 0) is 70.7 Å². The molecule has 0 aromatic carbocycles. The van der Waals surface area contributed by atoms with Crippen LogP contribution in [0.4, 0.5) is 0 Å². The summed E-state index contributed by atoms with van der Waals surface area (Å²) in [6, 6.07) is 1.56. The molecule has 3 nitrogen and oxygen atoms in total. The Kier molecular flexibility index (Phi) is 8.05. The van der Waals surface area contributed by atoms with Gasteiger partial charge >= 0.3 is 0 Å². The first-order chi connectivity index (χ1) is 10.3. The Morgan fingerprint density at radius 2 is 1.76 bits per heavy atom. The van der Waals surface area contributed by atoms with Crippen molar-refractivity contribution < 1.29 is 0 Å². The van der Waals surface area contributed by atoms with Crippen LogP contribution in [0.1, 0.15) is 65.2 Å². The van der Waals surface area contributed by atoms with Crippen molar-refractivity contribution in [1.29, 1.82) is 0 Å². The molecule has 2 aliphatic rings. The Morgan fingerprint density at radius 1 is 1.00 bits per heavy atom. The molecule has 3 atom stereocenters. The van der Waals surface area contributed by atoms with Gasteiger partial charge in [-0.1, -0.05) is 33.1 Å². The molecule has 1 heterocycles. The van der Waals surface area contributed by atoms with Crippen LogP contribution in [0.25, 0.3) is 0 Å². The molecular weight excluding hydrogens is 258 g/mol. The summed E-state index contributed by atoms with van der Waals surface area (Å²) in [6.07, 6.45) is 11.2. The first-order valence-electron chi connectivity index (χ1n) is 9.54. The molecule has 0 amide bonds. The van der Waals surface area contributed by atoms with E-state index in [-0.39, 0.29) is 0 Å². The quantitative estimate of drug-likeness (QED) is 0.674. The van der Waals surface area contributed by atoms with Gasteiger partial charge in [-0.15, -0.1) is 0 Å². The highest BCUT2D eigenvalue weighted by Gasteiger charge is 2.31. The van der Waals surface area contributed by atoms with Crippen LogP contribution >= 0.6 is 0 Å². The summed E-state index contributed by atoms with van der Waals surface area (Å²) in [6.45, 7) is 10.6. The SMILES string of the molecule is CCN(CC)CCCNC1CCCCC1C1CCCCN1. The van der Waals surface area contributed by atoms with Crippen LogP contribution in [-0.2, 0) is 0 Å². The summed E-state index contributed by atoms with van der Waals surface area (Å²) < 4.78 is 0. The van der Waals surface area contributed by atoms with E-state index in [4.69, 9.17) is 0 Å². The fourth-order valence-electron chi connectivity index (χ4n) is 4.27. The molecule has 0 radical (unpaired) electrons. The molecule has 1 aliphatic carbocycles. The minimum atomic E-state index is 0.769. The van der Waals surface area contributed by atoms with E-state index >= 15 is 0 Å². The number of rotatable bonds is 8. The maximum Gasteiger partial charge on any atom is 0.0110 e. The molecular formula is C18H37N3. The smallest absolute Gasteiger partial charge is 0.0110 e. The highest BCUT2D eigenvalue weighted by molar-refractivity contribution is 4.90. The largest absolute Gasteiger partial charge is 0.314 e. The third kappa shape index (κ3) is 5.54. The molecule has 0 bridgehead atoms. The second-order valence-corrected chi connectivity index (χ2v) is 6.95. The Hall–Kier alpha value is -0.120. The number of nitrogens with zero attached hydrogens (tertiary/aromatic N) is 1. The van der Waals surface area contributed by atoms with Crippen molar-refractivity contribution in [3.63, 3.8) is 0 Å². The van der Waals surface area contributed by atoms with E-state index in [0.29, 0.717) is 0 Å². The first kappa shape index (κ1) is 17.2. The van der Waals surface area contributed by atoms with Gasteiger partial charge in [-0.3, -0.25) is 0 Å². The molecule has 0 aromatic heterocycles. The molecule has 0 spiro atoms. The fourth-order valence-corrected chi connectivity index (χ4v) is 4.27. The van der Waals surface area contributed by atoms with Crippen LogP contribution in [0.2, 0.25) is 0 Å². The molecule has 21 heavy (non-hydrogen) atoms. The van der Waals surface area contributed by atoms with E-state index in [1.165, 1.54) is 84.1 Å². The van der Waals surface area contributed by atoms with Crippen molar-refractivity contribution in [2.24, 2.45) is 5.92 Å². The molecule has 2 rings (SSSR count). The lowest BCUT2D eigenvalue weighted by molar-refractivity contribution is 0.180. The molecule has 1 aliphatic heterocycles. The van der Waals surface area contributed by atoms with Crippen LogP contribution < -0.4 is 10.6 Å². The summed E-state index contributed by atoms with van der Waals surface area (Å²) in [5.41, 5.74) is 0. The van der Waals surface area contributed by atoms with Crippen LogP contribution in [-0.4, -0.2) is 49.7 Å². The minimum Gasteiger partial charge on any atom is -0.314 e. The summed E-state index contributed by atoms with van der Waals surface area (Å²) in [5.74, 6) is 0.882. The highest BCUT2D eigenvalue weighted by Crippen LogP contribution is 2.30. The van der Waals surface area contributed by atoms with Crippen molar-refractivity contribution in [3.05, 3.63) is 0 Å². The van der Waals surface area contributed by atoms with Gasteiger partial charge in [0.2, 0.25) is 0 Å². The maximum absolute atomic E-state index is 3.91. The zero-order chi connectivity index (χ0) is 14.9. The Labute approximate surface area is 132 Å². The average Bonchev–Trinajstić information content (AvgIpc) is 2.56. The molecule has 0 aromatic rings. The van der Waals surface area contributed by atoms with Gasteiger partial charge in [0.1, 0.15) is 0 Å². The predicted molar refractivity (Wildman–Crippen MR) is 91.8 cm³/mol. The molecule has 124 valence electrons. The average molecular weight is 296 g/mol. The maximum atomic E-state index is 3.91. The molecule has 1 saturated heterocycles. The zero-order valence-electron chi connectivity index (χ0n) is 14.4. The monoisotopic (exact) mass is 295 g/mol. The van der Waals surface area contributed by atoms with Crippen LogP contribution in [0.3, 0.4) is 0 Å². The summed E-state index contributed by atoms with van der Waals surface area (Å²) in [5, 5.41) is 7.70. The van der Waals surface area contributed by atoms with E-state index in [9.17, 15) is 0 Å². The van der Waals surface area contributed by atoms with E-state index in [1.54, 1.807) is 0 Å². The number of hydrogen-bond donors (Lipinski definition) is 2. The topological polar surface area (TPSA) is 27.3 Å². The predicted octanol–water partition coefficient (Wildman–Crippen LogP) is 3.01. The molecule has 3 heteroatoms. The van der Waals surface area contributed by atoms with E-state index in [0.717, 1.165) is 18.0 Å². The Balaban J connectivity index is 1.71. The van der Waals surface area contributed by atoms with Crippen LogP contribution in [0.15, 0.2) is 0 Å². The third-order valence-electron chi connectivity index (χ3n) is 5.64. The fraction of sp³-hybridized carbons (Fsp3) is 1.00. The van der Waals surface area contributed by atoms with Crippen molar-refractivity contribution in [2.75, 3.05) is 32.7 Å². The van der Waals surface area contributed by atoms with E-state index in [1.807, 2.05) is 0 Å². The Bertz CT molecular complexity index is 259. The van der Waals surface area contributed by atoms with Crippen molar-refractivity contribution in [3.8, 4) is 0 Å². The second-order valence-electron chi connectivity index (χ2n) is 6.95. The van der Waals surface area contributed by atoms with Gasteiger partial charge in [0.05, 0.1) is 0 Å². The molecule has 1 saturated carbocycles. The highest BCUT2D eigenvalue weighted by atomic mass is 15.1. The van der Waals surface area contributed by atoms with Crippen molar-refractivity contribution >= 4 is 0 Å². The van der Waals surface area contributed by atoms with Crippen molar-refractivity contribution in [2.45, 2.75) is 77.3 Å². The number of nitrogens with one attached hydrogen (secondary N) is 2. The van der Waals surface area contributed by atoms with E-state index in [2.05, 4.69) is 29.4 Å². The summed E-state index contributed by atoms with van der Waals surface area (Å²) in [7, 11) is 0. The van der Waals surface area contributed by atoms with Gasteiger partial charge in [-0.25, -0.2) is 0 Å². The van der Waals surface area contributed by atoms with Gasteiger partial charge in [0, 0.05) is 12.1 Å². The van der Waals surface area contributed by atoms with Crippen LogP contribution in [0, 0.1) is 5.92 Å². The Morgan fingerprint density at radius 3 is 2.48 bits per heavy atom. The molecule has 2 fully saturated rings. The van der Waals surface area contributed by atoms with Gasteiger partial charge in [0.15, 0.2) is 0 Å². The number of hydrogen-bond acceptors (Lipinski definition) is 3. The first-order valence-corrected chi connectivity index (χ1v) is 9.54. The lowest BCUT2D eigenvalue weighted by atomic mass is 9.77. The molecule has 3 unspecified atom stereocenters. The third-order valence-corrected chi connectivity index (χ3v) is 5.64. The normalized spacial score (nSPS) is 30.7. The minimum absolute atomic E-state index is 0.769. The van der Waals surface area contributed by atoms with Crippen LogP contribution in [0.5, 0.6) is 0 Å². The molecule has 2 N–H and O–H groups in total. The van der Waals surface area contributed by atoms with Gasteiger partial charge in [-0.2, -0.15) is 0 Å².